The van der Waals surface area contributed by atoms with Crippen LogP contribution in [0.3, 0.4) is 0 Å². The van der Waals surface area contributed by atoms with Crippen LogP contribution >= 0.6 is 0 Å². The van der Waals surface area contributed by atoms with Gasteiger partial charge in [0, 0.05) is 19.8 Å². The van der Waals surface area contributed by atoms with Crippen molar-refractivity contribution in [1.82, 2.24) is 30.1 Å². The number of carbonyl (C=O) groups is 1. The Morgan fingerprint density at radius 3 is 2.95 bits per heavy atom. The fraction of sp³-hybridized carbons (Fsp3) is 0.600. The molecule has 1 N–H and O–H groups in total. The SMILES string of the molecule is CN(CCc1cn[nH]c1)C(=O)c1cn(C2CCCCC2)nn1. The summed E-state index contributed by atoms with van der Waals surface area (Å²) in [5.41, 5.74) is 1.52. The molecule has 0 aromatic carbocycles. The average molecular weight is 302 g/mol. The third kappa shape index (κ3) is 3.35. The van der Waals surface area contributed by atoms with Gasteiger partial charge in [-0.2, -0.15) is 5.10 Å². The van der Waals surface area contributed by atoms with E-state index in [1.807, 2.05) is 10.9 Å². The van der Waals surface area contributed by atoms with E-state index in [9.17, 15) is 4.79 Å². The molecule has 0 unspecified atom stereocenters. The highest BCUT2D eigenvalue weighted by Gasteiger charge is 2.20. The van der Waals surface area contributed by atoms with Crippen molar-refractivity contribution in [3.63, 3.8) is 0 Å². The van der Waals surface area contributed by atoms with Gasteiger partial charge >= 0.3 is 0 Å². The number of likely N-dealkylation sites (N-methyl/N-ethyl adjacent to an activating group) is 1. The van der Waals surface area contributed by atoms with Gasteiger partial charge in [-0.1, -0.05) is 24.5 Å². The molecule has 0 bridgehead atoms. The van der Waals surface area contributed by atoms with E-state index >= 15 is 0 Å². The summed E-state index contributed by atoms with van der Waals surface area (Å²) in [4.78, 5) is 14.1. The van der Waals surface area contributed by atoms with Gasteiger partial charge in [-0.25, -0.2) is 4.68 Å². The summed E-state index contributed by atoms with van der Waals surface area (Å²) in [6, 6.07) is 0.402. The molecule has 118 valence electrons. The van der Waals surface area contributed by atoms with Crippen LogP contribution in [0.2, 0.25) is 0 Å². The molecular formula is C15H22N6O. The van der Waals surface area contributed by atoms with Crippen molar-refractivity contribution in [2.24, 2.45) is 0 Å². The highest BCUT2D eigenvalue weighted by atomic mass is 16.2. The van der Waals surface area contributed by atoms with Gasteiger partial charge in [-0.15, -0.1) is 5.10 Å². The van der Waals surface area contributed by atoms with E-state index in [0.717, 1.165) is 24.8 Å². The maximum absolute atomic E-state index is 12.4. The van der Waals surface area contributed by atoms with Crippen LogP contribution < -0.4 is 0 Å². The Bertz CT molecular complexity index is 599. The molecule has 1 aliphatic rings. The highest BCUT2D eigenvalue weighted by molar-refractivity contribution is 5.91. The molecule has 2 heterocycles. The predicted molar refractivity (Wildman–Crippen MR) is 81.4 cm³/mol. The van der Waals surface area contributed by atoms with Gasteiger partial charge < -0.3 is 4.90 Å². The second-order valence-electron chi connectivity index (χ2n) is 5.96. The number of aromatic nitrogens is 5. The topological polar surface area (TPSA) is 79.7 Å². The third-order valence-corrected chi connectivity index (χ3v) is 4.32. The van der Waals surface area contributed by atoms with Gasteiger partial charge in [-0.3, -0.25) is 9.89 Å². The van der Waals surface area contributed by atoms with Gasteiger partial charge in [0.05, 0.1) is 18.4 Å². The first-order chi connectivity index (χ1) is 10.7. The smallest absolute Gasteiger partial charge is 0.275 e. The lowest BCUT2D eigenvalue weighted by atomic mass is 9.96. The van der Waals surface area contributed by atoms with E-state index in [-0.39, 0.29) is 5.91 Å². The number of H-pyrrole nitrogens is 1. The Kier molecular flexibility index (Phi) is 4.50. The van der Waals surface area contributed by atoms with Crippen molar-refractivity contribution in [1.29, 1.82) is 0 Å². The Labute approximate surface area is 129 Å². The lowest BCUT2D eigenvalue weighted by Gasteiger charge is -2.21. The zero-order chi connectivity index (χ0) is 15.4. The van der Waals surface area contributed by atoms with Crippen molar-refractivity contribution >= 4 is 5.91 Å². The second kappa shape index (κ2) is 6.72. The summed E-state index contributed by atoms with van der Waals surface area (Å²) in [5, 5.41) is 14.9. The number of aromatic amines is 1. The maximum Gasteiger partial charge on any atom is 0.275 e. The van der Waals surface area contributed by atoms with Crippen molar-refractivity contribution < 1.29 is 4.79 Å². The summed E-state index contributed by atoms with van der Waals surface area (Å²) in [5.74, 6) is -0.0782. The molecule has 7 heteroatoms. The van der Waals surface area contributed by atoms with Crippen LogP contribution in [0.15, 0.2) is 18.6 Å². The lowest BCUT2D eigenvalue weighted by Crippen LogP contribution is -2.29. The summed E-state index contributed by atoms with van der Waals surface area (Å²) in [6.45, 7) is 0.634. The molecule has 1 fully saturated rings. The van der Waals surface area contributed by atoms with E-state index in [0.29, 0.717) is 18.3 Å². The van der Waals surface area contributed by atoms with Gasteiger partial charge in [0.25, 0.3) is 5.91 Å². The molecule has 1 amide bonds. The monoisotopic (exact) mass is 302 g/mol. The van der Waals surface area contributed by atoms with Crippen molar-refractivity contribution in [3.8, 4) is 0 Å². The van der Waals surface area contributed by atoms with Gasteiger partial charge in [0.15, 0.2) is 5.69 Å². The predicted octanol–water partition coefficient (Wildman–Crippen LogP) is 1.82. The number of hydrogen-bond donors (Lipinski definition) is 1. The maximum atomic E-state index is 12.4. The standard InChI is InChI=1S/C15H22N6O/c1-20(8-7-12-9-16-17-10-12)15(22)14-11-21(19-18-14)13-5-3-2-4-6-13/h9-11,13H,2-8H2,1H3,(H,16,17). The number of nitrogens with one attached hydrogen (secondary N) is 1. The van der Waals surface area contributed by atoms with E-state index in [1.165, 1.54) is 19.3 Å². The van der Waals surface area contributed by atoms with Gasteiger partial charge in [-0.05, 0) is 24.8 Å². The molecule has 2 aromatic rings. The quantitative estimate of drug-likeness (QED) is 0.913. The van der Waals surface area contributed by atoms with E-state index < -0.39 is 0 Å². The molecule has 1 aliphatic carbocycles. The Hall–Kier alpha value is -2.18. The molecule has 0 atom stereocenters. The van der Waals surface area contributed by atoms with Crippen molar-refractivity contribution in [2.75, 3.05) is 13.6 Å². The van der Waals surface area contributed by atoms with Crippen LogP contribution in [0.4, 0.5) is 0 Å². The van der Waals surface area contributed by atoms with E-state index in [1.54, 1.807) is 24.3 Å². The van der Waals surface area contributed by atoms with Crippen molar-refractivity contribution in [2.45, 2.75) is 44.6 Å². The lowest BCUT2D eigenvalue weighted by molar-refractivity contribution is 0.0790. The van der Waals surface area contributed by atoms with Crippen LogP contribution in [0.1, 0.15) is 54.2 Å². The molecule has 0 radical (unpaired) electrons. The largest absolute Gasteiger partial charge is 0.340 e. The van der Waals surface area contributed by atoms with Crippen LogP contribution in [0.5, 0.6) is 0 Å². The molecular weight excluding hydrogens is 280 g/mol. The fourth-order valence-electron chi connectivity index (χ4n) is 2.91. The number of amides is 1. The average Bonchev–Trinajstić information content (AvgIpc) is 3.24. The summed E-state index contributed by atoms with van der Waals surface area (Å²) in [6.07, 6.45) is 12.2. The highest BCUT2D eigenvalue weighted by Crippen LogP contribution is 2.27. The molecule has 3 rings (SSSR count). The van der Waals surface area contributed by atoms with Crippen LogP contribution in [0, 0.1) is 0 Å². The molecule has 0 saturated heterocycles. The Balaban J connectivity index is 1.58. The molecule has 1 saturated carbocycles. The van der Waals surface area contributed by atoms with Crippen LogP contribution in [0.25, 0.3) is 0 Å². The van der Waals surface area contributed by atoms with Crippen LogP contribution in [-0.2, 0) is 6.42 Å². The van der Waals surface area contributed by atoms with Crippen LogP contribution in [-0.4, -0.2) is 49.6 Å². The first kappa shape index (κ1) is 14.7. The number of nitrogens with zero attached hydrogens (tertiary/aromatic N) is 5. The van der Waals surface area contributed by atoms with E-state index in [4.69, 9.17) is 0 Å². The number of hydrogen-bond acceptors (Lipinski definition) is 4. The Morgan fingerprint density at radius 1 is 1.41 bits per heavy atom. The summed E-state index contributed by atoms with van der Waals surface area (Å²) >= 11 is 0. The minimum atomic E-state index is -0.0782. The minimum Gasteiger partial charge on any atom is -0.340 e. The minimum absolute atomic E-state index is 0.0782. The zero-order valence-electron chi connectivity index (χ0n) is 12.9. The normalized spacial score (nSPS) is 15.9. The Morgan fingerprint density at radius 2 is 2.23 bits per heavy atom. The molecule has 7 nitrogen and oxygen atoms in total. The molecule has 2 aromatic heterocycles. The fourth-order valence-corrected chi connectivity index (χ4v) is 2.91. The number of rotatable bonds is 5. The summed E-state index contributed by atoms with van der Waals surface area (Å²) < 4.78 is 1.87. The van der Waals surface area contributed by atoms with Gasteiger partial charge in [0.1, 0.15) is 0 Å². The van der Waals surface area contributed by atoms with E-state index in [2.05, 4.69) is 20.5 Å². The molecule has 0 aliphatic heterocycles. The third-order valence-electron chi connectivity index (χ3n) is 4.32. The first-order valence-corrected chi connectivity index (χ1v) is 7.89. The zero-order valence-corrected chi connectivity index (χ0v) is 12.9. The molecule has 0 spiro atoms. The second-order valence-corrected chi connectivity index (χ2v) is 5.96. The summed E-state index contributed by atoms with van der Waals surface area (Å²) in [7, 11) is 1.79. The first-order valence-electron chi connectivity index (χ1n) is 7.89. The van der Waals surface area contributed by atoms with Crippen molar-refractivity contribution in [3.05, 3.63) is 29.8 Å². The van der Waals surface area contributed by atoms with Gasteiger partial charge in [0.2, 0.25) is 0 Å². The number of carbonyl (C=O) groups excluding carboxylic acids is 1. The molecule has 22 heavy (non-hydrogen) atoms.